The third-order valence-electron chi connectivity index (χ3n) is 2.23. The smallest absolute Gasteiger partial charge is 0.187 e. The molecule has 0 aromatic heterocycles. The molecule has 3 N–H and O–H groups in total. The highest BCUT2D eigenvalue weighted by Gasteiger charge is 2.03. The molecule has 1 atom stereocenters. The topological polar surface area (TPSA) is 55.1 Å². The largest absolute Gasteiger partial charge is 0.385 e. The van der Waals surface area contributed by atoms with Crippen molar-refractivity contribution in [2.24, 2.45) is 5.73 Å². The highest BCUT2D eigenvalue weighted by molar-refractivity contribution is 6.04. The monoisotopic (exact) mass is 218 g/mol. The van der Waals surface area contributed by atoms with Crippen LogP contribution < -0.4 is 11.1 Å². The Balaban J connectivity index is 2.66. The van der Waals surface area contributed by atoms with Gasteiger partial charge in [0, 0.05) is 29.9 Å². The molecule has 1 aromatic carbocycles. The van der Waals surface area contributed by atoms with Gasteiger partial charge in [0.1, 0.15) is 0 Å². The summed E-state index contributed by atoms with van der Waals surface area (Å²) in [5.74, 6) is 0.00909. The number of nitrogens with one attached hydrogen (secondary N) is 1. The van der Waals surface area contributed by atoms with Gasteiger partial charge in [0.15, 0.2) is 5.78 Å². The highest BCUT2D eigenvalue weighted by Crippen LogP contribution is 2.02. The van der Waals surface area contributed by atoms with Crippen molar-refractivity contribution >= 4 is 5.78 Å². The van der Waals surface area contributed by atoms with Gasteiger partial charge in [0.25, 0.3) is 0 Å². The van der Waals surface area contributed by atoms with E-state index in [1.165, 1.54) is 0 Å². The molecule has 0 spiro atoms. The van der Waals surface area contributed by atoms with Crippen molar-refractivity contribution in [3.05, 3.63) is 47.7 Å². The molecule has 0 saturated carbocycles. The summed E-state index contributed by atoms with van der Waals surface area (Å²) in [5.41, 5.74) is 7.03. The van der Waals surface area contributed by atoms with E-state index in [1.54, 1.807) is 18.2 Å². The van der Waals surface area contributed by atoms with Crippen molar-refractivity contribution in [1.29, 1.82) is 0 Å². The van der Waals surface area contributed by atoms with Crippen LogP contribution in [0.4, 0.5) is 0 Å². The molecule has 0 heterocycles. The van der Waals surface area contributed by atoms with Crippen LogP contribution in [0.2, 0.25) is 0 Å². The van der Waals surface area contributed by atoms with E-state index in [1.807, 2.05) is 32.0 Å². The average Bonchev–Trinajstić information content (AvgIpc) is 2.29. The summed E-state index contributed by atoms with van der Waals surface area (Å²) in [4.78, 5) is 11.8. The van der Waals surface area contributed by atoms with Gasteiger partial charge in [-0.3, -0.25) is 4.79 Å². The average molecular weight is 218 g/mol. The van der Waals surface area contributed by atoms with Crippen LogP contribution in [0, 0.1) is 0 Å². The SMILES string of the molecule is C/C(=C\C(=O)c1ccccc1)NC(C)CN. The van der Waals surface area contributed by atoms with Gasteiger partial charge >= 0.3 is 0 Å². The number of ketones is 1. The molecule has 3 heteroatoms. The number of allylic oxidation sites excluding steroid dienone is 2. The summed E-state index contributed by atoms with van der Waals surface area (Å²) in [6.45, 7) is 4.39. The third-order valence-corrected chi connectivity index (χ3v) is 2.23. The number of benzene rings is 1. The molecule has 0 radical (unpaired) electrons. The number of hydrogen-bond donors (Lipinski definition) is 2. The van der Waals surface area contributed by atoms with E-state index in [2.05, 4.69) is 5.32 Å². The van der Waals surface area contributed by atoms with Crippen molar-refractivity contribution < 1.29 is 4.79 Å². The summed E-state index contributed by atoms with van der Waals surface area (Å²) in [7, 11) is 0. The fourth-order valence-electron chi connectivity index (χ4n) is 1.37. The maximum Gasteiger partial charge on any atom is 0.187 e. The second-order valence-electron chi connectivity index (χ2n) is 3.84. The highest BCUT2D eigenvalue weighted by atomic mass is 16.1. The molecule has 0 aliphatic heterocycles. The predicted octanol–water partition coefficient (Wildman–Crippen LogP) is 1.71. The first kappa shape index (κ1) is 12.5. The van der Waals surface area contributed by atoms with E-state index in [4.69, 9.17) is 5.73 Å². The molecule has 0 aliphatic carbocycles. The number of carbonyl (C=O) groups is 1. The van der Waals surface area contributed by atoms with Crippen molar-refractivity contribution in [3.63, 3.8) is 0 Å². The van der Waals surface area contributed by atoms with Crippen LogP contribution >= 0.6 is 0 Å². The van der Waals surface area contributed by atoms with E-state index < -0.39 is 0 Å². The van der Waals surface area contributed by atoms with E-state index in [9.17, 15) is 4.79 Å². The summed E-state index contributed by atoms with van der Waals surface area (Å²) in [6.07, 6.45) is 1.60. The van der Waals surface area contributed by atoms with Crippen LogP contribution in [0.5, 0.6) is 0 Å². The Morgan fingerprint density at radius 1 is 1.44 bits per heavy atom. The molecule has 0 bridgehead atoms. The molecule has 16 heavy (non-hydrogen) atoms. The van der Waals surface area contributed by atoms with E-state index in [0.29, 0.717) is 12.1 Å². The Morgan fingerprint density at radius 3 is 2.62 bits per heavy atom. The molecule has 1 unspecified atom stereocenters. The minimum Gasteiger partial charge on any atom is -0.385 e. The standard InChI is InChI=1S/C13H18N2O/c1-10(15-11(2)9-14)8-13(16)12-6-4-3-5-7-12/h3-8,11,15H,9,14H2,1-2H3/b10-8+. The van der Waals surface area contributed by atoms with Crippen LogP contribution in [0.15, 0.2) is 42.1 Å². The molecular formula is C13H18N2O. The van der Waals surface area contributed by atoms with Gasteiger partial charge in [-0.05, 0) is 13.8 Å². The molecule has 0 amide bonds. The molecular weight excluding hydrogens is 200 g/mol. The van der Waals surface area contributed by atoms with E-state index in [-0.39, 0.29) is 11.8 Å². The molecule has 3 nitrogen and oxygen atoms in total. The lowest BCUT2D eigenvalue weighted by molar-refractivity contribution is 0.104. The second kappa shape index (κ2) is 6.08. The van der Waals surface area contributed by atoms with Gasteiger partial charge in [0.2, 0.25) is 0 Å². The quantitative estimate of drug-likeness (QED) is 0.584. The van der Waals surface area contributed by atoms with Gasteiger partial charge in [-0.2, -0.15) is 0 Å². The zero-order chi connectivity index (χ0) is 12.0. The molecule has 86 valence electrons. The number of carbonyl (C=O) groups excluding carboxylic acids is 1. The van der Waals surface area contributed by atoms with Crippen molar-refractivity contribution in [2.45, 2.75) is 19.9 Å². The Hall–Kier alpha value is -1.61. The lowest BCUT2D eigenvalue weighted by Crippen LogP contribution is -2.32. The predicted molar refractivity (Wildman–Crippen MR) is 66.2 cm³/mol. The van der Waals surface area contributed by atoms with Crippen molar-refractivity contribution in [3.8, 4) is 0 Å². The van der Waals surface area contributed by atoms with Gasteiger partial charge < -0.3 is 11.1 Å². The van der Waals surface area contributed by atoms with E-state index >= 15 is 0 Å². The first-order valence-corrected chi connectivity index (χ1v) is 5.37. The summed E-state index contributed by atoms with van der Waals surface area (Å²) < 4.78 is 0. The molecule has 0 fully saturated rings. The zero-order valence-electron chi connectivity index (χ0n) is 9.73. The fourth-order valence-corrected chi connectivity index (χ4v) is 1.37. The van der Waals surface area contributed by atoms with Gasteiger partial charge in [-0.25, -0.2) is 0 Å². The summed E-state index contributed by atoms with van der Waals surface area (Å²) >= 11 is 0. The van der Waals surface area contributed by atoms with Crippen LogP contribution in [-0.2, 0) is 0 Å². The third kappa shape index (κ3) is 3.87. The first-order chi connectivity index (χ1) is 7.63. The number of hydrogen-bond acceptors (Lipinski definition) is 3. The minimum absolute atomic E-state index is 0.00909. The molecule has 1 aromatic rings. The van der Waals surface area contributed by atoms with Crippen LogP contribution in [0.1, 0.15) is 24.2 Å². The maximum absolute atomic E-state index is 11.8. The van der Waals surface area contributed by atoms with Crippen LogP contribution in [-0.4, -0.2) is 18.4 Å². The van der Waals surface area contributed by atoms with E-state index in [0.717, 1.165) is 5.70 Å². The Labute approximate surface area is 96.3 Å². The normalized spacial score (nSPS) is 13.3. The van der Waals surface area contributed by atoms with Gasteiger partial charge in [-0.15, -0.1) is 0 Å². The van der Waals surface area contributed by atoms with Gasteiger partial charge in [0.05, 0.1) is 0 Å². The van der Waals surface area contributed by atoms with Crippen molar-refractivity contribution in [2.75, 3.05) is 6.54 Å². The summed E-state index contributed by atoms with van der Waals surface area (Å²) in [6, 6.07) is 9.39. The van der Waals surface area contributed by atoms with Crippen LogP contribution in [0.25, 0.3) is 0 Å². The molecule has 0 aliphatic rings. The molecule has 1 rings (SSSR count). The summed E-state index contributed by atoms with van der Waals surface area (Å²) in [5, 5.41) is 3.15. The Kier molecular flexibility index (Phi) is 4.73. The fraction of sp³-hybridized carbons (Fsp3) is 0.308. The van der Waals surface area contributed by atoms with Crippen LogP contribution in [0.3, 0.4) is 0 Å². The minimum atomic E-state index is 0.00909. The second-order valence-corrected chi connectivity index (χ2v) is 3.84. The Morgan fingerprint density at radius 2 is 2.06 bits per heavy atom. The lowest BCUT2D eigenvalue weighted by Gasteiger charge is -2.12. The molecule has 0 saturated heterocycles. The first-order valence-electron chi connectivity index (χ1n) is 5.37. The number of nitrogens with two attached hydrogens (primary N) is 1. The van der Waals surface area contributed by atoms with Gasteiger partial charge in [-0.1, -0.05) is 30.3 Å². The maximum atomic E-state index is 11.8. The van der Waals surface area contributed by atoms with Crippen molar-refractivity contribution in [1.82, 2.24) is 5.32 Å². The lowest BCUT2D eigenvalue weighted by atomic mass is 10.1. The zero-order valence-corrected chi connectivity index (χ0v) is 9.73. The Bertz CT molecular complexity index is 371. The number of rotatable bonds is 5.